The SMILES string of the molecule is COc1ccc(NC(=O)[C@@H]2CC(C)=CC[C@H]2C(=O)O)cc1. The minimum absolute atomic E-state index is 0.250. The van der Waals surface area contributed by atoms with E-state index in [1.165, 1.54) is 0 Å². The number of aliphatic carboxylic acids is 1. The number of ether oxygens (including phenoxy) is 1. The molecule has 0 saturated carbocycles. The molecule has 0 aromatic heterocycles. The maximum atomic E-state index is 12.3. The predicted octanol–water partition coefficient (Wildman–Crippen LogP) is 2.69. The van der Waals surface area contributed by atoms with Crippen LogP contribution in [-0.4, -0.2) is 24.1 Å². The molecule has 1 amide bonds. The van der Waals surface area contributed by atoms with Gasteiger partial charge in [0.1, 0.15) is 5.75 Å². The molecule has 5 heteroatoms. The molecule has 5 nitrogen and oxygen atoms in total. The summed E-state index contributed by atoms with van der Waals surface area (Å²) in [6.45, 7) is 1.92. The Morgan fingerprint density at radius 3 is 2.48 bits per heavy atom. The Morgan fingerprint density at radius 1 is 1.24 bits per heavy atom. The largest absolute Gasteiger partial charge is 0.497 e. The van der Waals surface area contributed by atoms with Gasteiger partial charge in [-0.3, -0.25) is 9.59 Å². The third kappa shape index (κ3) is 3.62. The molecule has 0 radical (unpaired) electrons. The monoisotopic (exact) mass is 289 g/mol. The summed E-state index contributed by atoms with van der Waals surface area (Å²) in [7, 11) is 1.57. The molecular weight excluding hydrogens is 270 g/mol. The highest BCUT2D eigenvalue weighted by Crippen LogP contribution is 2.31. The molecule has 0 saturated heterocycles. The van der Waals surface area contributed by atoms with Gasteiger partial charge in [-0.2, -0.15) is 0 Å². The number of carboxylic acids is 1. The third-order valence-electron chi connectivity index (χ3n) is 3.76. The van der Waals surface area contributed by atoms with Gasteiger partial charge in [-0.1, -0.05) is 11.6 Å². The zero-order valence-corrected chi connectivity index (χ0v) is 12.1. The van der Waals surface area contributed by atoms with E-state index < -0.39 is 17.8 Å². The molecule has 1 aromatic carbocycles. The third-order valence-corrected chi connectivity index (χ3v) is 3.76. The number of rotatable bonds is 4. The van der Waals surface area contributed by atoms with Crippen molar-refractivity contribution >= 4 is 17.6 Å². The molecule has 0 bridgehead atoms. The first-order valence-corrected chi connectivity index (χ1v) is 6.84. The van der Waals surface area contributed by atoms with Gasteiger partial charge in [0.25, 0.3) is 0 Å². The summed E-state index contributed by atoms with van der Waals surface area (Å²) in [5.41, 5.74) is 1.69. The Bertz CT molecular complexity index is 562. The summed E-state index contributed by atoms with van der Waals surface area (Å²) >= 11 is 0. The highest BCUT2D eigenvalue weighted by Gasteiger charge is 2.35. The lowest BCUT2D eigenvalue weighted by atomic mass is 9.79. The lowest BCUT2D eigenvalue weighted by Crippen LogP contribution is -2.35. The summed E-state index contributed by atoms with van der Waals surface area (Å²) in [6.07, 6.45) is 2.79. The number of anilines is 1. The van der Waals surface area contributed by atoms with Gasteiger partial charge >= 0.3 is 5.97 Å². The fourth-order valence-corrected chi connectivity index (χ4v) is 2.52. The van der Waals surface area contributed by atoms with E-state index in [2.05, 4.69) is 5.32 Å². The molecule has 1 aliphatic rings. The molecule has 2 rings (SSSR count). The Labute approximate surface area is 123 Å². The fourth-order valence-electron chi connectivity index (χ4n) is 2.52. The van der Waals surface area contributed by atoms with Crippen LogP contribution in [0.15, 0.2) is 35.9 Å². The molecule has 0 spiro atoms. The Balaban J connectivity index is 2.10. The van der Waals surface area contributed by atoms with Gasteiger partial charge in [0.2, 0.25) is 5.91 Å². The normalized spacial score (nSPS) is 21.3. The molecule has 0 fully saturated rings. The second-order valence-electron chi connectivity index (χ2n) is 5.26. The van der Waals surface area contributed by atoms with Gasteiger partial charge in [-0.15, -0.1) is 0 Å². The number of hydrogen-bond acceptors (Lipinski definition) is 3. The maximum absolute atomic E-state index is 12.3. The molecule has 112 valence electrons. The van der Waals surface area contributed by atoms with Gasteiger partial charge in [0.15, 0.2) is 0 Å². The first kappa shape index (κ1) is 15.1. The van der Waals surface area contributed by atoms with Crippen LogP contribution in [0.3, 0.4) is 0 Å². The van der Waals surface area contributed by atoms with Gasteiger partial charge in [-0.05, 0) is 44.0 Å². The number of carboxylic acid groups (broad SMARTS) is 1. The average molecular weight is 289 g/mol. The molecule has 21 heavy (non-hydrogen) atoms. The zero-order valence-electron chi connectivity index (χ0n) is 12.1. The highest BCUT2D eigenvalue weighted by atomic mass is 16.5. The lowest BCUT2D eigenvalue weighted by Gasteiger charge is -2.26. The molecule has 1 aromatic rings. The number of benzene rings is 1. The van der Waals surface area contributed by atoms with Crippen LogP contribution in [0.4, 0.5) is 5.69 Å². The molecule has 0 heterocycles. The van der Waals surface area contributed by atoms with Crippen molar-refractivity contribution in [1.29, 1.82) is 0 Å². The number of hydrogen-bond donors (Lipinski definition) is 2. The van der Waals surface area contributed by atoms with Crippen LogP contribution in [-0.2, 0) is 9.59 Å². The maximum Gasteiger partial charge on any atom is 0.307 e. The zero-order chi connectivity index (χ0) is 15.4. The van der Waals surface area contributed by atoms with Crippen molar-refractivity contribution in [3.05, 3.63) is 35.9 Å². The number of carbonyl (C=O) groups excluding carboxylic acids is 1. The van der Waals surface area contributed by atoms with Crippen LogP contribution in [0.1, 0.15) is 19.8 Å². The summed E-state index contributed by atoms with van der Waals surface area (Å²) in [4.78, 5) is 23.6. The number of nitrogens with one attached hydrogen (secondary N) is 1. The topological polar surface area (TPSA) is 75.6 Å². The van der Waals surface area contributed by atoms with Crippen LogP contribution in [0, 0.1) is 11.8 Å². The first-order valence-electron chi connectivity index (χ1n) is 6.84. The Morgan fingerprint density at radius 2 is 1.90 bits per heavy atom. The summed E-state index contributed by atoms with van der Waals surface area (Å²) in [6, 6.07) is 6.96. The Kier molecular flexibility index (Phi) is 4.62. The standard InChI is InChI=1S/C16H19NO4/c1-10-3-8-13(16(19)20)14(9-10)15(18)17-11-4-6-12(21-2)7-5-11/h3-7,13-14H,8-9H2,1-2H3,(H,17,18)(H,19,20)/t13-,14-/m1/s1. The van der Waals surface area contributed by atoms with E-state index in [1.54, 1.807) is 31.4 Å². The van der Waals surface area contributed by atoms with E-state index in [0.29, 0.717) is 24.3 Å². The second-order valence-corrected chi connectivity index (χ2v) is 5.26. The van der Waals surface area contributed by atoms with Crippen LogP contribution in [0.25, 0.3) is 0 Å². The molecule has 0 unspecified atom stereocenters. The number of carbonyl (C=O) groups is 2. The van der Waals surface area contributed by atoms with Crippen LogP contribution in [0.2, 0.25) is 0 Å². The van der Waals surface area contributed by atoms with E-state index in [4.69, 9.17) is 4.74 Å². The molecule has 2 N–H and O–H groups in total. The van der Waals surface area contributed by atoms with E-state index in [9.17, 15) is 14.7 Å². The van der Waals surface area contributed by atoms with E-state index >= 15 is 0 Å². The van der Waals surface area contributed by atoms with Crippen molar-refractivity contribution in [3.8, 4) is 5.75 Å². The summed E-state index contributed by atoms with van der Waals surface area (Å²) < 4.78 is 5.06. The summed E-state index contributed by atoms with van der Waals surface area (Å²) in [5, 5.41) is 12.0. The van der Waals surface area contributed by atoms with Crippen molar-refractivity contribution in [2.75, 3.05) is 12.4 Å². The van der Waals surface area contributed by atoms with Gasteiger partial charge in [0.05, 0.1) is 18.9 Å². The number of amides is 1. The van der Waals surface area contributed by atoms with Gasteiger partial charge in [0, 0.05) is 5.69 Å². The smallest absolute Gasteiger partial charge is 0.307 e. The van der Waals surface area contributed by atoms with Crippen molar-refractivity contribution in [2.24, 2.45) is 11.8 Å². The van der Waals surface area contributed by atoms with Crippen LogP contribution >= 0.6 is 0 Å². The quantitative estimate of drug-likeness (QED) is 0.836. The van der Waals surface area contributed by atoms with E-state index in [0.717, 1.165) is 5.57 Å². The highest BCUT2D eigenvalue weighted by molar-refractivity contribution is 5.95. The van der Waals surface area contributed by atoms with Gasteiger partial charge < -0.3 is 15.2 Å². The molecule has 0 aliphatic heterocycles. The molecule has 1 aliphatic carbocycles. The predicted molar refractivity (Wildman–Crippen MR) is 79.2 cm³/mol. The first-order chi connectivity index (χ1) is 10.0. The minimum Gasteiger partial charge on any atom is -0.497 e. The number of methoxy groups -OCH3 is 1. The average Bonchev–Trinajstić information content (AvgIpc) is 2.47. The fraction of sp³-hybridized carbons (Fsp3) is 0.375. The molecule has 2 atom stereocenters. The minimum atomic E-state index is -0.923. The molecular formula is C16H19NO4. The Hall–Kier alpha value is -2.30. The lowest BCUT2D eigenvalue weighted by molar-refractivity contribution is -0.146. The van der Waals surface area contributed by atoms with Crippen molar-refractivity contribution in [3.63, 3.8) is 0 Å². The second kappa shape index (κ2) is 6.43. The van der Waals surface area contributed by atoms with Crippen LogP contribution in [0.5, 0.6) is 5.75 Å². The van der Waals surface area contributed by atoms with Crippen molar-refractivity contribution in [1.82, 2.24) is 0 Å². The van der Waals surface area contributed by atoms with Crippen molar-refractivity contribution in [2.45, 2.75) is 19.8 Å². The van der Waals surface area contributed by atoms with Crippen LogP contribution < -0.4 is 10.1 Å². The van der Waals surface area contributed by atoms with E-state index in [-0.39, 0.29) is 5.91 Å². The van der Waals surface area contributed by atoms with Gasteiger partial charge in [-0.25, -0.2) is 0 Å². The number of allylic oxidation sites excluding steroid dienone is 2. The van der Waals surface area contributed by atoms with E-state index in [1.807, 2.05) is 13.0 Å². The van der Waals surface area contributed by atoms with Crippen molar-refractivity contribution < 1.29 is 19.4 Å². The summed E-state index contributed by atoms with van der Waals surface area (Å²) in [5.74, 6) is -1.66.